The minimum atomic E-state index is -4.80. The Hall–Kier alpha value is -2.19. The van der Waals surface area contributed by atoms with Gasteiger partial charge in [0, 0.05) is 22.5 Å². The third kappa shape index (κ3) is 3.45. The van der Waals surface area contributed by atoms with Crippen molar-refractivity contribution in [3.05, 3.63) is 45.9 Å². The van der Waals surface area contributed by atoms with Crippen molar-refractivity contribution in [2.45, 2.75) is 13.3 Å². The van der Waals surface area contributed by atoms with Crippen molar-refractivity contribution in [2.24, 2.45) is 0 Å². The minimum absolute atomic E-state index is 0.0943. The second-order valence-electron chi connectivity index (χ2n) is 5.17. The van der Waals surface area contributed by atoms with E-state index in [1.807, 2.05) is 0 Å². The maximum Gasteiger partial charge on any atom is 0.573 e. The van der Waals surface area contributed by atoms with Gasteiger partial charge in [-0.3, -0.25) is 9.36 Å². The van der Waals surface area contributed by atoms with E-state index in [-0.39, 0.29) is 5.56 Å². The fraction of sp³-hybridized carbons (Fsp3) is 0.188. The number of aromatic nitrogens is 1. The minimum Gasteiger partial charge on any atom is -0.495 e. The van der Waals surface area contributed by atoms with E-state index >= 15 is 0 Å². The number of nitrogens with zero attached hydrogens (tertiary/aromatic N) is 1. The highest BCUT2D eigenvalue weighted by atomic mass is 35.5. The van der Waals surface area contributed by atoms with E-state index in [9.17, 15) is 18.0 Å². The van der Waals surface area contributed by atoms with E-state index in [0.29, 0.717) is 33.3 Å². The molecule has 0 aliphatic carbocycles. The number of carbonyl (C=O) groups excluding carboxylic acids is 1. The van der Waals surface area contributed by atoms with Crippen LogP contribution < -0.4 is 9.47 Å². The largest absolute Gasteiger partial charge is 0.573 e. The smallest absolute Gasteiger partial charge is 0.495 e. The number of hydrogen-bond donors (Lipinski definition) is 0. The van der Waals surface area contributed by atoms with Crippen LogP contribution in [0.1, 0.15) is 16.1 Å². The van der Waals surface area contributed by atoms with E-state index < -0.39 is 17.3 Å². The number of aryl methyl sites for hydroxylation is 1. The van der Waals surface area contributed by atoms with Gasteiger partial charge in [0.05, 0.1) is 23.2 Å². The van der Waals surface area contributed by atoms with Crippen LogP contribution in [0.5, 0.6) is 10.8 Å². The summed E-state index contributed by atoms with van der Waals surface area (Å²) in [6, 6.07) is 6.11. The summed E-state index contributed by atoms with van der Waals surface area (Å²) >= 11 is 6.82. The molecule has 0 aliphatic heterocycles. The van der Waals surface area contributed by atoms with Gasteiger partial charge in [0.2, 0.25) is 0 Å². The first-order valence-corrected chi connectivity index (χ1v) is 8.20. The summed E-state index contributed by atoms with van der Waals surface area (Å²) in [4.78, 5) is 12.7. The third-order valence-corrected chi connectivity index (χ3v) is 4.60. The molecule has 0 atom stereocenters. The van der Waals surface area contributed by atoms with Crippen molar-refractivity contribution in [2.75, 3.05) is 7.11 Å². The predicted octanol–water partition coefficient (Wildman–Crippen LogP) is 5.26. The summed E-state index contributed by atoms with van der Waals surface area (Å²) in [5, 5.41) is 1.98. The molecule has 0 saturated carbocycles. The summed E-state index contributed by atoms with van der Waals surface area (Å²) in [6.45, 7) is 1.72. The molecule has 2 heterocycles. The number of rotatable bonds is 3. The van der Waals surface area contributed by atoms with E-state index in [1.54, 1.807) is 25.1 Å². The normalized spacial score (nSPS) is 11.8. The van der Waals surface area contributed by atoms with Crippen molar-refractivity contribution in [3.8, 4) is 10.8 Å². The first kappa shape index (κ1) is 17.6. The molecule has 0 amide bonds. The van der Waals surface area contributed by atoms with Gasteiger partial charge in [0.25, 0.3) is 5.91 Å². The molecule has 3 rings (SSSR count). The maximum atomic E-state index is 12.7. The highest BCUT2D eigenvalue weighted by molar-refractivity contribution is 7.12. The number of carbonyl (C=O) groups is 1. The quantitative estimate of drug-likeness (QED) is 0.613. The van der Waals surface area contributed by atoms with Crippen molar-refractivity contribution >= 4 is 39.7 Å². The second-order valence-corrected chi connectivity index (χ2v) is 6.46. The van der Waals surface area contributed by atoms with Crippen LogP contribution in [0.15, 0.2) is 29.6 Å². The molecule has 3 aromatic rings. The Bertz CT molecular complexity index is 962. The van der Waals surface area contributed by atoms with Crippen LogP contribution in [0.4, 0.5) is 13.2 Å². The summed E-state index contributed by atoms with van der Waals surface area (Å²) in [5.41, 5.74) is 1.25. The molecule has 0 aliphatic rings. The molecule has 2 aromatic heterocycles. The Morgan fingerprint density at radius 2 is 1.96 bits per heavy atom. The van der Waals surface area contributed by atoms with E-state index in [2.05, 4.69) is 4.74 Å². The van der Waals surface area contributed by atoms with Gasteiger partial charge in [-0.2, -0.15) is 0 Å². The van der Waals surface area contributed by atoms with Crippen LogP contribution in [0.2, 0.25) is 5.02 Å². The lowest BCUT2D eigenvalue weighted by Gasteiger charge is -2.08. The number of thiophene rings is 1. The standard InChI is InChI=1S/C16H11ClF3NO3S/c1-8-3-9-4-13(23-2)11(17)6-12(9)21(8)15(22)10-5-14(25-7-10)24-16(18,19)20/h3-7H,1-2H3. The van der Waals surface area contributed by atoms with Crippen LogP contribution >= 0.6 is 22.9 Å². The van der Waals surface area contributed by atoms with E-state index in [0.717, 1.165) is 11.5 Å². The second kappa shape index (κ2) is 6.27. The number of halogens is 4. The fourth-order valence-corrected chi connectivity index (χ4v) is 3.48. The highest BCUT2D eigenvalue weighted by Crippen LogP contribution is 2.34. The van der Waals surface area contributed by atoms with Crippen LogP contribution in [0, 0.1) is 6.92 Å². The molecule has 0 unspecified atom stereocenters. The number of fused-ring (bicyclic) bond motifs is 1. The lowest BCUT2D eigenvalue weighted by atomic mass is 10.2. The zero-order chi connectivity index (χ0) is 18.4. The number of hydrogen-bond acceptors (Lipinski definition) is 4. The average Bonchev–Trinajstić information content (AvgIpc) is 3.07. The van der Waals surface area contributed by atoms with Crippen molar-refractivity contribution < 1.29 is 27.4 Å². The highest BCUT2D eigenvalue weighted by Gasteiger charge is 2.32. The van der Waals surface area contributed by atoms with Gasteiger partial charge in [-0.25, -0.2) is 0 Å². The van der Waals surface area contributed by atoms with Gasteiger partial charge in [0.1, 0.15) is 5.75 Å². The molecule has 0 saturated heterocycles. The Kier molecular flexibility index (Phi) is 4.42. The molecule has 0 spiro atoms. The predicted molar refractivity (Wildman–Crippen MR) is 89.0 cm³/mol. The first-order chi connectivity index (χ1) is 11.7. The summed E-state index contributed by atoms with van der Waals surface area (Å²) in [7, 11) is 1.48. The SMILES string of the molecule is COc1cc2cc(C)n(C(=O)c3csc(OC(F)(F)F)c3)c2cc1Cl. The lowest BCUT2D eigenvalue weighted by molar-refractivity contribution is -0.273. The average molecular weight is 390 g/mol. The van der Waals surface area contributed by atoms with Crippen LogP contribution in [-0.2, 0) is 0 Å². The summed E-state index contributed by atoms with van der Waals surface area (Å²) in [5.74, 6) is -0.00262. The molecule has 0 fully saturated rings. The van der Waals surface area contributed by atoms with E-state index in [4.69, 9.17) is 16.3 Å². The Morgan fingerprint density at radius 1 is 1.24 bits per heavy atom. The van der Waals surface area contributed by atoms with Gasteiger partial charge in [-0.15, -0.1) is 24.5 Å². The van der Waals surface area contributed by atoms with Crippen LogP contribution in [0.25, 0.3) is 10.9 Å². The number of alkyl halides is 3. The molecule has 1 aromatic carbocycles. The van der Waals surface area contributed by atoms with Gasteiger partial charge in [-0.1, -0.05) is 11.6 Å². The molecular formula is C16H11ClF3NO3S. The van der Waals surface area contributed by atoms with Crippen LogP contribution in [-0.4, -0.2) is 23.9 Å². The van der Waals surface area contributed by atoms with Crippen molar-refractivity contribution in [1.29, 1.82) is 0 Å². The maximum absolute atomic E-state index is 12.7. The molecule has 9 heteroatoms. The molecular weight excluding hydrogens is 379 g/mol. The molecule has 25 heavy (non-hydrogen) atoms. The van der Waals surface area contributed by atoms with Gasteiger partial charge in [0.15, 0.2) is 5.06 Å². The molecule has 132 valence electrons. The number of methoxy groups -OCH3 is 1. The summed E-state index contributed by atoms with van der Waals surface area (Å²) in [6.07, 6.45) is -4.80. The molecule has 0 N–H and O–H groups in total. The molecule has 0 radical (unpaired) electrons. The molecule has 4 nitrogen and oxygen atoms in total. The van der Waals surface area contributed by atoms with Gasteiger partial charge in [-0.05, 0) is 25.1 Å². The first-order valence-electron chi connectivity index (χ1n) is 6.94. The van der Waals surface area contributed by atoms with Crippen molar-refractivity contribution in [1.82, 2.24) is 4.57 Å². The summed E-state index contributed by atoms with van der Waals surface area (Å²) < 4.78 is 47.2. The van der Waals surface area contributed by atoms with Crippen LogP contribution in [0.3, 0.4) is 0 Å². The lowest BCUT2D eigenvalue weighted by Crippen LogP contribution is -2.16. The van der Waals surface area contributed by atoms with E-state index in [1.165, 1.54) is 17.1 Å². The Morgan fingerprint density at radius 3 is 2.60 bits per heavy atom. The number of ether oxygens (including phenoxy) is 2. The van der Waals surface area contributed by atoms with Gasteiger partial charge >= 0.3 is 6.36 Å². The zero-order valence-corrected chi connectivity index (χ0v) is 14.6. The molecule has 0 bridgehead atoms. The third-order valence-electron chi connectivity index (χ3n) is 3.50. The zero-order valence-electron chi connectivity index (χ0n) is 13.0. The fourth-order valence-electron chi connectivity index (χ4n) is 2.50. The Balaban J connectivity index is 2.03. The Labute approximate surface area is 149 Å². The number of benzene rings is 1. The monoisotopic (exact) mass is 389 g/mol. The van der Waals surface area contributed by atoms with Gasteiger partial charge < -0.3 is 9.47 Å². The van der Waals surface area contributed by atoms with Crippen molar-refractivity contribution in [3.63, 3.8) is 0 Å². The topological polar surface area (TPSA) is 40.5 Å².